The lowest BCUT2D eigenvalue weighted by Gasteiger charge is -2.34. The van der Waals surface area contributed by atoms with Gasteiger partial charge in [0.25, 0.3) is 5.03 Å². The van der Waals surface area contributed by atoms with E-state index in [2.05, 4.69) is 0 Å². The van der Waals surface area contributed by atoms with Crippen LogP contribution in [0.15, 0.2) is 52.5 Å². The van der Waals surface area contributed by atoms with Crippen LogP contribution in [-0.2, 0) is 14.8 Å². The minimum absolute atomic E-state index is 0.0994. The van der Waals surface area contributed by atoms with Gasteiger partial charge in [0.2, 0.25) is 15.9 Å². The summed E-state index contributed by atoms with van der Waals surface area (Å²) in [6.45, 7) is 4.86. The van der Waals surface area contributed by atoms with Gasteiger partial charge in [-0.2, -0.15) is 9.04 Å². The Morgan fingerprint density at radius 3 is 2.54 bits per heavy atom. The molecule has 28 heavy (non-hydrogen) atoms. The van der Waals surface area contributed by atoms with Crippen molar-refractivity contribution in [3.8, 4) is 0 Å². The molecule has 0 bridgehead atoms. The summed E-state index contributed by atoms with van der Waals surface area (Å²) >= 11 is 1.18. The molecule has 1 aliphatic rings. The van der Waals surface area contributed by atoms with E-state index in [1.165, 1.54) is 22.3 Å². The molecule has 1 aliphatic heterocycles. The van der Waals surface area contributed by atoms with Crippen LogP contribution in [0.3, 0.4) is 0 Å². The Balaban J connectivity index is 1.60. The molecule has 150 valence electrons. The van der Waals surface area contributed by atoms with Crippen LogP contribution in [-0.4, -0.2) is 55.5 Å². The first-order valence-electron chi connectivity index (χ1n) is 8.95. The van der Waals surface area contributed by atoms with Gasteiger partial charge in [0.05, 0.1) is 10.6 Å². The number of piperazine rings is 1. The second kappa shape index (κ2) is 8.50. The Bertz CT molecular complexity index is 971. The Morgan fingerprint density at radius 1 is 1.14 bits per heavy atom. The zero-order valence-electron chi connectivity index (χ0n) is 15.9. The summed E-state index contributed by atoms with van der Waals surface area (Å²) in [5.41, 5.74) is 1.61. The average molecular weight is 422 g/mol. The molecule has 0 radical (unpaired) electrons. The van der Waals surface area contributed by atoms with Gasteiger partial charge in [-0.05, 0) is 48.9 Å². The van der Waals surface area contributed by atoms with Crippen LogP contribution < -0.4 is 4.73 Å². The maximum Gasteiger partial charge on any atom is 0.251 e. The van der Waals surface area contributed by atoms with Gasteiger partial charge in [-0.25, -0.2) is 8.42 Å². The van der Waals surface area contributed by atoms with Gasteiger partial charge >= 0.3 is 0 Å². The third kappa shape index (κ3) is 4.48. The summed E-state index contributed by atoms with van der Waals surface area (Å²) in [5.74, 6) is 0.0494. The quantitative estimate of drug-likeness (QED) is 0.416. The lowest BCUT2D eigenvalue weighted by Crippen LogP contribution is -2.51. The molecule has 1 saturated heterocycles. The summed E-state index contributed by atoms with van der Waals surface area (Å²) in [4.78, 5) is 14.4. The zero-order chi connectivity index (χ0) is 20.3. The standard InChI is InChI=1S/C19H23N3O4S2/c1-15-6-7-16(2)17(13-15)28(25,26)21-11-9-20(10-12-21)18(23)14-27-19-5-3-4-8-22(19)24/h3-8,13H,9-12,14H2,1-2H3. The number of carbonyl (C=O) groups is 1. The molecule has 0 spiro atoms. The number of sulfonamides is 1. The molecule has 1 aromatic heterocycles. The molecule has 7 nitrogen and oxygen atoms in total. The second-order valence-corrected chi connectivity index (χ2v) is 9.61. The van der Waals surface area contributed by atoms with Gasteiger partial charge in [0, 0.05) is 38.3 Å². The van der Waals surface area contributed by atoms with E-state index in [1.807, 2.05) is 19.1 Å². The molecule has 1 fully saturated rings. The van der Waals surface area contributed by atoms with Crippen molar-refractivity contribution in [1.29, 1.82) is 0 Å². The average Bonchev–Trinajstić information content (AvgIpc) is 2.69. The molecule has 0 aliphatic carbocycles. The Hall–Kier alpha value is -2.10. The number of thioether (sulfide) groups is 1. The van der Waals surface area contributed by atoms with Crippen molar-refractivity contribution in [2.45, 2.75) is 23.8 Å². The number of hydrogen-bond acceptors (Lipinski definition) is 5. The highest BCUT2D eigenvalue weighted by molar-refractivity contribution is 7.99. The first-order valence-corrected chi connectivity index (χ1v) is 11.4. The molecule has 2 heterocycles. The van der Waals surface area contributed by atoms with Gasteiger partial charge < -0.3 is 10.1 Å². The van der Waals surface area contributed by atoms with Gasteiger partial charge in [-0.15, -0.1) is 0 Å². The van der Waals surface area contributed by atoms with Crippen LogP contribution in [0.1, 0.15) is 11.1 Å². The lowest BCUT2D eigenvalue weighted by atomic mass is 10.2. The molecule has 0 unspecified atom stereocenters. The van der Waals surface area contributed by atoms with Crippen LogP contribution in [0.4, 0.5) is 0 Å². The smallest absolute Gasteiger partial charge is 0.251 e. The van der Waals surface area contributed by atoms with Crippen molar-refractivity contribution >= 4 is 27.7 Å². The van der Waals surface area contributed by atoms with Gasteiger partial charge in [-0.3, -0.25) is 4.79 Å². The lowest BCUT2D eigenvalue weighted by molar-refractivity contribution is -0.645. The molecule has 0 atom stereocenters. The number of aromatic nitrogens is 1. The van der Waals surface area contributed by atoms with Crippen molar-refractivity contribution < 1.29 is 17.9 Å². The highest BCUT2D eigenvalue weighted by Crippen LogP contribution is 2.23. The molecular formula is C19H23N3O4S2. The van der Waals surface area contributed by atoms with Gasteiger partial charge in [0.15, 0.2) is 6.20 Å². The van der Waals surface area contributed by atoms with Gasteiger partial charge in [0.1, 0.15) is 0 Å². The number of amides is 1. The molecule has 9 heteroatoms. The summed E-state index contributed by atoms with van der Waals surface area (Å²) in [6.07, 6.45) is 1.39. The van der Waals surface area contributed by atoms with E-state index in [-0.39, 0.29) is 24.7 Å². The van der Waals surface area contributed by atoms with Crippen molar-refractivity contribution in [3.05, 3.63) is 58.9 Å². The summed E-state index contributed by atoms with van der Waals surface area (Å²) in [7, 11) is -3.58. The number of hydrogen-bond donors (Lipinski definition) is 0. The van der Waals surface area contributed by atoms with Crippen molar-refractivity contribution in [2.24, 2.45) is 0 Å². The van der Waals surface area contributed by atoms with E-state index in [1.54, 1.807) is 36.1 Å². The van der Waals surface area contributed by atoms with Crippen LogP contribution in [0.2, 0.25) is 0 Å². The maximum absolute atomic E-state index is 13.0. The predicted molar refractivity (Wildman–Crippen MR) is 107 cm³/mol. The SMILES string of the molecule is Cc1ccc(C)c(S(=O)(=O)N2CCN(C(=O)CSc3cccc[n+]3[O-])CC2)c1. The monoisotopic (exact) mass is 421 g/mol. The molecular weight excluding hydrogens is 398 g/mol. The molecule has 0 N–H and O–H groups in total. The normalized spacial score (nSPS) is 15.6. The molecule has 1 aromatic carbocycles. The number of pyridine rings is 1. The molecule has 0 saturated carbocycles. The van der Waals surface area contributed by atoms with Crippen molar-refractivity contribution in [1.82, 2.24) is 9.21 Å². The fourth-order valence-electron chi connectivity index (χ4n) is 3.05. The van der Waals surface area contributed by atoms with Crippen LogP contribution in [0.25, 0.3) is 0 Å². The number of rotatable bonds is 5. The Kier molecular flexibility index (Phi) is 6.26. The number of aryl methyl sites for hydroxylation is 2. The minimum atomic E-state index is -3.58. The van der Waals surface area contributed by atoms with E-state index in [9.17, 15) is 18.4 Å². The largest absolute Gasteiger partial charge is 0.618 e. The zero-order valence-corrected chi connectivity index (χ0v) is 17.5. The predicted octanol–water partition coefficient (Wildman–Crippen LogP) is 1.56. The topological polar surface area (TPSA) is 84.6 Å². The summed E-state index contributed by atoms with van der Waals surface area (Å²) < 4.78 is 28.1. The minimum Gasteiger partial charge on any atom is -0.618 e. The molecule has 1 amide bonds. The first-order chi connectivity index (χ1) is 13.3. The van der Waals surface area contributed by atoms with E-state index in [0.29, 0.717) is 28.6 Å². The Morgan fingerprint density at radius 2 is 1.86 bits per heavy atom. The summed E-state index contributed by atoms with van der Waals surface area (Å²) in [6, 6.07) is 10.4. The fourth-order valence-corrected chi connectivity index (χ4v) is 5.60. The van der Waals surface area contributed by atoms with E-state index in [0.717, 1.165) is 10.3 Å². The summed E-state index contributed by atoms with van der Waals surface area (Å²) in [5, 5.41) is 12.1. The molecule has 2 aromatic rings. The van der Waals surface area contributed by atoms with E-state index < -0.39 is 10.0 Å². The molecule has 3 rings (SSSR count). The second-order valence-electron chi connectivity index (χ2n) is 6.71. The van der Waals surface area contributed by atoms with Crippen LogP contribution >= 0.6 is 11.8 Å². The number of nitrogens with zero attached hydrogens (tertiary/aromatic N) is 3. The highest BCUT2D eigenvalue weighted by atomic mass is 32.2. The van der Waals surface area contributed by atoms with Crippen molar-refractivity contribution in [2.75, 3.05) is 31.9 Å². The first kappa shape index (κ1) is 20.6. The number of benzene rings is 1. The Labute approximate surface area is 169 Å². The van der Waals surface area contributed by atoms with Crippen LogP contribution in [0.5, 0.6) is 0 Å². The van der Waals surface area contributed by atoms with E-state index in [4.69, 9.17) is 0 Å². The highest BCUT2D eigenvalue weighted by Gasteiger charge is 2.31. The third-order valence-corrected chi connectivity index (χ3v) is 7.73. The number of carbonyl (C=O) groups excluding carboxylic acids is 1. The third-order valence-electron chi connectivity index (χ3n) is 4.68. The van der Waals surface area contributed by atoms with Crippen molar-refractivity contribution in [3.63, 3.8) is 0 Å². The fraction of sp³-hybridized carbons (Fsp3) is 0.368. The maximum atomic E-state index is 13.0. The van der Waals surface area contributed by atoms with Crippen LogP contribution in [0, 0.1) is 19.1 Å². The van der Waals surface area contributed by atoms with Gasteiger partial charge in [-0.1, -0.05) is 12.1 Å². The van der Waals surface area contributed by atoms with E-state index >= 15 is 0 Å².